The molecule has 5 aliphatic heterocycles. The first-order valence-corrected chi connectivity index (χ1v) is 45.2. The summed E-state index contributed by atoms with van der Waals surface area (Å²) in [4.78, 5) is 82.2. The van der Waals surface area contributed by atoms with Gasteiger partial charge in [-0.15, -0.1) is 0 Å². The lowest BCUT2D eigenvalue weighted by Gasteiger charge is -2.48. The number of allylic oxidation sites excluding steroid dienone is 4. The number of ether oxygens (including phenoxy) is 5. The molecule has 10 rings (SSSR count). The van der Waals surface area contributed by atoms with Crippen molar-refractivity contribution in [3.8, 4) is 12.1 Å². The first kappa shape index (κ1) is 96.2. The van der Waals surface area contributed by atoms with E-state index in [2.05, 4.69) is 24.3 Å². The first-order valence-electron chi connectivity index (χ1n) is 45.2. The number of hydrogen-bond donors (Lipinski definition) is 2. The Kier molecular flexibility index (Phi) is 38.2. The van der Waals surface area contributed by atoms with Gasteiger partial charge in [-0.2, -0.15) is 10.5 Å². The van der Waals surface area contributed by atoms with Gasteiger partial charge in [0.2, 0.25) is 0 Å². The highest BCUT2D eigenvalue weighted by Crippen LogP contribution is 2.53. The SMILES string of the molecule is CC(C)(C)OC(=O)N1CCC(/C=C/C#N)(C2CCCCC2)CC1.CC(C)(C)OC(=O)N1CCC(/C=C/C#N)(C2CCCCC2)CC1.CC(C)(C)OC(=O)N1CCC(C=O)(C2CCCCC2)CC1.CC(C)(C)OC(=O)N1CCC(CCCN)(C2CCCCC2)CC1.CC(C)(C)OC(=O)N1CCC(CCCN)(C2CCCCC2)CC1. The Balaban J connectivity index is 0.000000220. The number of likely N-dealkylation sites (tertiary alicyclic amines) is 5. The van der Waals surface area contributed by atoms with E-state index in [-0.39, 0.29) is 46.7 Å². The zero-order valence-corrected chi connectivity index (χ0v) is 74.1. The third-order valence-corrected chi connectivity index (χ3v) is 27.0. The van der Waals surface area contributed by atoms with Crippen molar-refractivity contribution >= 4 is 36.8 Å². The Bertz CT molecular complexity index is 2830. The van der Waals surface area contributed by atoms with Crippen LogP contribution in [0.1, 0.15) is 354 Å². The smallest absolute Gasteiger partial charge is 0.410 e. The number of hydrogen-bond acceptors (Lipinski definition) is 15. The van der Waals surface area contributed by atoms with E-state index >= 15 is 0 Å². The molecule has 5 amide bonds. The van der Waals surface area contributed by atoms with Crippen LogP contribution in [0.5, 0.6) is 0 Å². The van der Waals surface area contributed by atoms with Crippen LogP contribution in [0, 0.1) is 79.3 Å². The van der Waals surface area contributed by atoms with Crippen molar-refractivity contribution in [2.75, 3.05) is 78.5 Å². The lowest BCUT2D eigenvalue weighted by Crippen LogP contribution is -2.48. The Morgan fingerprint density at radius 3 is 0.717 bits per heavy atom. The number of piperidine rings is 5. The molecule has 0 atom stereocenters. The Morgan fingerprint density at radius 1 is 0.327 bits per heavy atom. The minimum Gasteiger partial charge on any atom is -0.444 e. The summed E-state index contributed by atoms with van der Waals surface area (Å²) in [6.07, 6.45) is 55.1. The van der Waals surface area contributed by atoms with Gasteiger partial charge in [-0.25, -0.2) is 24.0 Å². The Morgan fingerprint density at radius 2 is 0.522 bits per heavy atom. The minimum absolute atomic E-state index is 0.0919. The second-order valence-corrected chi connectivity index (χ2v) is 40.8. The molecule has 4 N–H and O–H groups in total. The van der Waals surface area contributed by atoms with E-state index in [0.717, 1.165) is 154 Å². The monoisotopic (exact) mass is 1580 g/mol. The van der Waals surface area contributed by atoms with Crippen LogP contribution in [0.3, 0.4) is 0 Å². The highest BCUT2D eigenvalue weighted by Gasteiger charge is 2.48. The summed E-state index contributed by atoms with van der Waals surface area (Å²) < 4.78 is 27.5. The molecule has 20 nitrogen and oxygen atoms in total. The summed E-state index contributed by atoms with van der Waals surface area (Å²) in [6, 6.07) is 4.32. The van der Waals surface area contributed by atoms with E-state index in [1.807, 2.05) is 123 Å². The molecule has 113 heavy (non-hydrogen) atoms. The van der Waals surface area contributed by atoms with E-state index in [9.17, 15) is 28.8 Å². The van der Waals surface area contributed by atoms with Gasteiger partial charge >= 0.3 is 30.5 Å². The summed E-state index contributed by atoms with van der Waals surface area (Å²) >= 11 is 0. The van der Waals surface area contributed by atoms with Crippen LogP contribution in [-0.4, -0.2) is 168 Å². The topological polar surface area (TPSA) is 264 Å². The molecule has 0 aromatic rings. The third-order valence-electron chi connectivity index (χ3n) is 27.0. The molecule has 5 saturated carbocycles. The van der Waals surface area contributed by atoms with Crippen LogP contribution in [-0.2, 0) is 28.5 Å². The molecule has 5 saturated heterocycles. The first-order chi connectivity index (χ1) is 53.3. The van der Waals surface area contributed by atoms with Crippen LogP contribution in [0.4, 0.5) is 24.0 Å². The summed E-state index contributed by atoms with van der Waals surface area (Å²) in [7, 11) is 0. The van der Waals surface area contributed by atoms with Crippen LogP contribution in [0.2, 0.25) is 0 Å². The van der Waals surface area contributed by atoms with Crippen molar-refractivity contribution in [2.45, 2.75) is 382 Å². The second-order valence-electron chi connectivity index (χ2n) is 40.8. The molecule has 0 aromatic carbocycles. The van der Waals surface area contributed by atoms with Crippen LogP contribution in [0.25, 0.3) is 0 Å². The van der Waals surface area contributed by atoms with Gasteiger partial charge in [0.05, 0.1) is 12.1 Å². The van der Waals surface area contributed by atoms with E-state index in [4.69, 9.17) is 45.7 Å². The molecule has 0 aromatic heterocycles. The van der Waals surface area contributed by atoms with Gasteiger partial charge in [0.15, 0.2) is 0 Å². The van der Waals surface area contributed by atoms with Gasteiger partial charge in [0.25, 0.3) is 0 Å². The van der Waals surface area contributed by atoms with Gasteiger partial charge in [-0.05, 0) is 322 Å². The molecule has 0 bridgehead atoms. The molecule has 5 heterocycles. The quantitative estimate of drug-likeness (QED) is 0.0930. The zero-order valence-electron chi connectivity index (χ0n) is 74.1. The number of rotatable bonds is 14. The number of carbonyl (C=O) groups is 6. The molecule has 644 valence electrons. The molecular weight excluding hydrogens is 1420 g/mol. The molecule has 20 heteroatoms. The van der Waals surface area contributed by atoms with Crippen molar-refractivity contribution in [1.29, 1.82) is 10.5 Å². The average Bonchev–Trinajstić information content (AvgIpc) is 0.814. The normalized spacial score (nSPS) is 23.0. The Labute approximate surface area is 686 Å². The fraction of sp³-hybridized carbons (Fsp3) is 0.871. The van der Waals surface area contributed by atoms with Gasteiger partial charge in [0, 0.05) is 83.0 Å². The van der Waals surface area contributed by atoms with Crippen LogP contribution in [0.15, 0.2) is 24.3 Å². The Hall–Kier alpha value is -5.60. The van der Waals surface area contributed by atoms with Gasteiger partial charge in [0.1, 0.15) is 34.3 Å². The van der Waals surface area contributed by atoms with Crippen molar-refractivity contribution in [3.05, 3.63) is 24.3 Å². The molecule has 5 aliphatic carbocycles. The maximum Gasteiger partial charge on any atom is 0.410 e. The minimum atomic E-state index is -0.459. The van der Waals surface area contributed by atoms with Gasteiger partial charge in [-0.3, -0.25) is 0 Å². The maximum absolute atomic E-state index is 12.3. The van der Waals surface area contributed by atoms with Crippen LogP contribution < -0.4 is 11.5 Å². The third kappa shape index (κ3) is 31.3. The van der Waals surface area contributed by atoms with E-state index < -0.39 is 28.0 Å². The number of carbonyl (C=O) groups excluding carboxylic acids is 6. The van der Waals surface area contributed by atoms with E-state index in [1.165, 1.54) is 180 Å². The van der Waals surface area contributed by atoms with Gasteiger partial charge in [-0.1, -0.05) is 108 Å². The largest absolute Gasteiger partial charge is 0.444 e. The fourth-order valence-electron chi connectivity index (χ4n) is 20.8. The number of nitriles is 2. The number of nitrogens with two attached hydrogens (primary N) is 2. The summed E-state index contributed by atoms with van der Waals surface area (Å²) in [5.41, 5.74) is 10.2. The zero-order chi connectivity index (χ0) is 83.2. The fourth-order valence-corrected chi connectivity index (χ4v) is 20.8. The summed E-state index contributed by atoms with van der Waals surface area (Å²) in [6.45, 7) is 37.8. The van der Waals surface area contributed by atoms with E-state index in [0.29, 0.717) is 41.7 Å². The summed E-state index contributed by atoms with van der Waals surface area (Å²) in [5, 5.41) is 17.9. The highest BCUT2D eigenvalue weighted by molar-refractivity contribution is 5.70. The van der Waals surface area contributed by atoms with Crippen molar-refractivity contribution in [3.63, 3.8) is 0 Å². The molecule has 10 fully saturated rings. The number of nitrogens with zero attached hydrogens (tertiary/aromatic N) is 7. The van der Waals surface area contributed by atoms with Crippen molar-refractivity contribution in [2.24, 2.45) is 68.1 Å². The molecular formula is C93H161N9O11. The number of aldehydes is 1. The second kappa shape index (κ2) is 44.8. The molecule has 10 aliphatic rings. The van der Waals surface area contributed by atoms with E-state index in [1.54, 1.807) is 17.1 Å². The van der Waals surface area contributed by atoms with Crippen LogP contribution >= 0.6 is 0 Å². The standard InChI is InChI=1S/2C19H36N2O2.2C19H30N2O2.C17H29NO3/c4*1-18(2,3)23-17(22)21-14-11-19(12-15-21,10-7-13-20)16-8-5-4-6-9-16;1-16(2,3)21-15(20)18-11-9-17(13-19,10-12-18)14-7-5-4-6-8-14/h2*16H,4-15,20H2,1-3H3;2*7,10,16H,4-6,8-9,11-12,14-15H2,1-3H3;13-14H,4-12H2,1-3H3/b;;2*10-7+;. The average molecular weight is 1580 g/mol. The molecule has 0 radical (unpaired) electrons. The van der Waals surface area contributed by atoms with Gasteiger partial charge < -0.3 is 64.4 Å². The predicted molar refractivity (Wildman–Crippen MR) is 452 cm³/mol. The lowest BCUT2D eigenvalue weighted by atomic mass is 9.62. The highest BCUT2D eigenvalue weighted by atomic mass is 16.6. The molecule has 0 spiro atoms. The number of amides is 5. The molecule has 0 unspecified atom stereocenters. The maximum atomic E-state index is 12.3. The van der Waals surface area contributed by atoms with Crippen molar-refractivity contribution in [1.82, 2.24) is 24.5 Å². The summed E-state index contributed by atoms with van der Waals surface area (Å²) in [5.74, 6) is 3.50. The van der Waals surface area contributed by atoms with Crippen molar-refractivity contribution < 1.29 is 52.5 Å². The predicted octanol–water partition coefficient (Wildman–Crippen LogP) is 21.8. The lowest BCUT2D eigenvalue weighted by molar-refractivity contribution is -0.123.